The van der Waals surface area contributed by atoms with Gasteiger partial charge in [0.25, 0.3) is 0 Å². The lowest BCUT2D eigenvalue weighted by Crippen LogP contribution is -2.38. The molecule has 0 aliphatic carbocycles. The molecule has 0 saturated heterocycles. The van der Waals surface area contributed by atoms with Gasteiger partial charge in [0.1, 0.15) is 11.5 Å². The van der Waals surface area contributed by atoms with Crippen molar-refractivity contribution in [3.63, 3.8) is 0 Å². The molecule has 0 fully saturated rings. The van der Waals surface area contributed by atoms with Crippen LogP contribution in [0.5, 0.6) is 11.5 Å². The first-order valence-corrected chi connectivity index (χ1v) is 7.57. The average molecular weight is 350 g/mol. The summed E-state index contributed by atoms with van der Waals surface area (Å²) in [5.41, 5.74) is 0.404. The van der Waals surface area contributed by atoms with E-state index in [9.17, 15) is 14.3 Å². The number of hydrogen-bond donors (Lipinski definition) is 4. The van der Waals surface area contributed by atoms with Crippen molar-refractivity contribution in [2.45, 2.75) is 19.4 Å². The van der Waals surface area contributed by atoms with Crippen molar-refractivity contribution in [3.05, 3.63) is 30.2 Å². The molecule has 0 bridgehead atoms. The SMILES string of the molecule is CC[C@H](CNc1nc(-c2cc(O)ccc2OC)ncc1F)NC(=O)O. The zero-order chi connectivity index (χ0) is 18.4. The van der Waals surface area contributed by atoms with Crippen molar-refractivity contribution in [1.82, 2.24) is 15.3 Å². The van der Waals surface area contributed by atoms with Crippen LogP contribution in [0.15, 0.2) is 24.4 Å². The minimum absolute atomic E-state index is 0.00469. The first-order chi connectivity index (χ1) is 11.9. The molecule has 8 nitrogen and oxygen atoms in total. The number of halogens is 1. The van der Waals surface area contributed by atoms with Gasteiger partial charge in [-0.05, 0) is 24.6 Å². The van der Waals surface area contributed by atoms with Gasteiger partial charge in [-0.15, -0.1) is 0 Å². The Morgan fingerprint density at radius 1 is 1.44 bits per heavy atom. The molecule has 0 unspecified atom stereocenters. The Hall–Kier alpha value is -3.10. The van der Waals surface area contributed by atoms with Crippen LogP contribution in [-0.4, -0.2) is 46.0 Å². The van der Waals surface area contributed by atoms with Gasteiger partial charge in [0.2, 0.25) is 0 Å². The second-order valence-corrected chi connectivity index (χ2v) is 5.21. The van der Waals surface area contributed by atoms with Crippen LogP contribution < -0.4 is 15.4 Å². The molecule has 0 aliphatic rings. The number of aromatic nitrogens is 2. The summed E-state index contributed by atoms with van der Waals surface area (Å²) in [5, 5.41) is 23.5. The Labute approximate surface area is 143 Å². The quantitative estimate of drug-likeness (QED) is 0.606. The second-order valence-electron chi connectivity index (χ2n) is 5.21. The summed E-state index contributed by atoms with van der Waals surface area (Å²) < 4.78 is 19.2. The van der Waals surface area contributed by atoms with Gasteiger partial charge in [-0.25, -0.2) is 19.2 Å². The maximum absolute atomic E-state index is 14.0. The molecule has 134 valence electrons. The van der Waals surface area contributed by atoms with E-state index in [0.717, 1.165) is 6.20 Å². The number of phenols is 1. The zero-order valence-electron chi connectivity index (χ0n) is 13.8. The minimum atomic E-state index is -1.15. The molecule has 0 radical (unpaired) electrons. The number of phenolic OH excluding ortho intramolecular Hbond substituents is 1. The molecule has 9 heteroatoms. The number of carbonyl (C=O) groups is 1. The summed E-state index contributed by atoms with van der Waals surface area (Å²) in [5.74, 6) is -0.158. The number of hydrogen-bond acceptors (Lipinski definition) is 6. The third-order valence-electron chi connectivity index (χ3n) is 3.50. The second kappa shape index (κ2) is 8.13. The summed E-state index contributed by atoms with van der Waals surface area (Å²) in [6, 6.07) is 4.02. The summed E-state index contributed by atoms with van der Waals surface area (Å²) in [7, 11) is 1.46. The van der Waals surface area contributed by atoms with E-state index >= 15 is 0 Å². The number of anilines is 1. The number of nitrogens with one attached hydrogen (secondary N) is 2. The summed E-state index contributed by atoms with van der Waals surface area (Å²) in [6.07, 6.45) is 0.376. The highest BCUT2D eigenvalue weighted by molar-refractivity contribution is 5.67. The first kappa shape index (κ1) is 18.2. The topological polar surface area (TPSA) is 117 Å². The molecule has 0 spiro atoms. The van der Waals surface area contributed by atoms with E-state index < -0.39 is 18.0 Å². The fraction of sp³-hybridized carbons (Fsp3) is 0.312. The Morgan fingerprint density at radius 2 is 2.20 bits per heavy atom. The predicted octanol–water partition coefficient (Wildman–Crippen LogP) is 2.45. The standard InChI is InChI=1S/C16H19FN4O4/c1-3-9(20-16(23)24)7-18-15-12(17)8-19-14(21-15)11-6-10(22)4-5-13(11)25-2/h4-6,8-9,20,22H,3,7H2,1-2H3,(H,23,24)(H,18,19,21)/t9-/m1/s1. The highest BCUT2D eigenvalue weighted by Crippen LogP contribution is 2.31. The summed E-state index contributed by atoms with van der Waals surface area (Å²) in [4.78, 5) is 18.8. The van der Waals surface area contributed by atoms with Crippen molar-refractivity contribution in [2.75, 3.05) is 19.0 Å². The number of carboxylic acid groups (broad SMARTS) is 1. The molecule has 0 aliphatic heterocycles. The molecule has 1 aromatic heterocycles. The number of amides is 1. The largest absolute Gasteiger partial charge is 0.508 e. The van der Waals surface area contributed by atoms with Gasteiger partial charge in [0.15, 0.2) is 17.5 Å². The summed E-state index contributed by atoms with van der Waals surface area (Å²) in [6.45, 7) is 1.97. The van der Waals surface area contributed by atoms with E-state index in [0.29, 0.717) is 17.7 Å². The molecule has 1 aromatic carbocycles. The van der Waals surface area contributed by atoms with Gasteiger partial charge in [-0.2, -0.15) is 0 Å². The van der Waals surface area contributed by atoms with Crippen molar-refractivity contribution < 1.29 is 24.1 Å². The van der Waals surface area contributed by atoms with Gasteiger partial charge in [0.05, 0.1) is 18.9 Å². The third kappa shape index (κ3) is 4.69. The van der Waals surface area contributed by atoms with Gasteiger partial charge < -0.3 is 25.6 Å². The predicted molar refractivity (Wildman–Crippen MR) is 89.4 cm³/mol. The maximum Gasteiger partial charge on any atom is 0.404 e. The van der Waals surface area contributed by atoms with Gasteiger partial charge in [0, 0.05) is 12.6 Å². The number of aromatic hydroxyl groups is 1. The first-order valence-electron chi connectivity index (χ1n) is 7.57. The fourth-order valence-corrected chi connectivity index (χ4v) is 2.18. The van der Waals surface area contributed by atoms with Crippen LogP contribution in [0.1, 0.15) is 13.3 Å². The van der Waals surface area contributed by atoms with Crippen LogP contribution in [0.3, 0.4) is 0 Å². The molecule has 1 amide bonds. The van der Waals surface area contributed by atoms with Crippen molar-refractivity contribution in [3.8, 4) is 22.9 Å². The Balaban J connectivity index is 2.26. The number of benzene rings is 1. The van der Waals surface area contributed by atoms with Crippen LogP contribution in [0.2, 0.25) is 0 Å². The fourth-order valence-electron chi connectivity index (χ4n) is 2.18. The lowest BCUT2D eigenvalue weighted by atomic mass is 10.1. The van der Waals surface area contributed by atoms with Gasteiger partial charge in [-0.3, -0.25) is 0 Å². The van der Waals surface area contributed by atoms with Crippen molar-refractivity contribution >= 4 is 11.9 Å². The molecule has 0 saturated carbocycles. The molecule has 1 heterocycles. The molecule has 2 aromatic rings. The van der Waals surface area contributed by atoms with E-state index in [4.69, 9.17) is 9.84 Å². The molecular formula is C16H19FN4O4. The monoisotopic (exact) mass is 350 g/mol. The lowest BCUT2D eigenvalue weighted by molar-refractivity contribution is 0.190. The Kier molecular flexibility index (Phi) is 5.93. The highest BCUT2D eigenvalue weighted by atomic mass is 19.1. The Morgan fingerprint density at radius 3 is 2.84 bits per heavy atom. The Bertz CT molecular complexity index is 757. The summed E-state index contributed by atoms with van der Waals surface area (Å²) >= 11 is 0. The smallest absolute Gasteiger partial charge is 0.404 e. The van der Waals surface area contributed by atoms with Crippen LogP contribution in [0.4, 0.5) is 15.0 Å². The van der Waals surface area contributed by atoms with Crippen LogP contribution in [0, 0.1) is 5.82 Å². The van der Waals surface area contributed by atoms with Crippen molar-refractivity contribution in [1.29, 1.82) is 0 Å². The van der Waals surface area contributed by atoms with Gasteiger partial charge >= 0.3 is 6.09 Å². The third-order valence-corrected chi connectivity index (χ3v) is 3.50. The molecule has 4 N–H and O–H groups in total. The van der Waals surface area contributed by atoms with E-state index in [2.05, 4.69) is 20.6 Å². The number of rotatable bonds is 7. The minimum Gasteiger partial charge on any atom is -0.508 e. The van der Waals surface area contributed by atoms with E-state index in [1.165, 1.54) is 19.2 Å². The number of methoxy groups -OCH3 is 1. The van der Waals surface area contributed by atoms with Crippen LogP contribution in [0.25, 0.3) is 11.4 Å². The van der Waals surface area contributed by atoms with E-state index in [-0.39, 0.29) is 23.9 Å². The van der Waals surface area contributed by atoms with Crippen molar-refractivity contribution in [2.24, 2.45) is 0 Å². The lowest BCUT2D eigenvalue weighted by Gasteiger charge is -2.16. The molecule has 1 atom stereocenters. The average Bonchev–Trinajstić information content (AvgIpc) is 2.59. The molecule has 25 heavy (non-hydrogen) atoms. The zero-order valence-corrected chi connectivity index (χ0v) is 13.8. The number of nitrogens with zero attached hydrogens (tertiary/aromatic N) is 2. The molecular weight excluding hydrogens is 331 g/mol. The number of ether oxygens (including phenoxy) is 1. The molecule has 2 rings (SSSR count). The normalized spacial score (nSPS) is 11.6. The van der Waals surface area contributed by atoms with Crippen LogP contribution in [-0.2, 0) is 0 Å². The highest BCUT2D eigenvalue weighted by Gasteiger charge is 2.15. The maximum atomic E-state index is 14.0. The van der Waals surface area contributed by atoms with E-state index in [1.807, 2.05) is 6.92 Å². The van der Waals surface area contributed by atoms with Crippen LogP contribution >= 0.6 is 0 Å². The van der Waals surface area contributed by atoms with E-state index in [1.54, 1.807) is 6.07 Å². The van der Waals surface area contributed by atoms with Gasteiger partial charge in [-0.1, -0.05) is 6.92 Å².